The molecule has 1 rings (SSSR count). The van der Waals surface area contributed by atoms with Crippen molar-refractivity contribution in [2.45, 2.75) is 58.9 Å². The number of hydrogen-bond acceptors (Lipinski definition) is 2. The third kappa shape index (κ3) is 5.91. The minimum atomic E-state index is -0.193. The molecule has 0 saturated heterocycles. The van der Waals surface area contributed by atoms with Crippen molar-refractivity contribution in [3.05, 3.63) is 29.6 Å². The molecule has 0 aromatic heterocycles. The van der Waals surface area contributed by atoms with E-state index in [1.165, 1.54) is 31.7 Å². The van der Waals surface area contributed by atoms with Crippen LogP contribution in [0.15, 0.2) is 18.2 Å². The van der Waals surface area contributed by atoms with Gasteiger partial charge in [0.15, 0.2) is 0 Å². The van der Waals surface area contributed by atoms with Crippen molar-refractivity contribution in [3.8, 4) is 5.75 Å². The molecule has 0 aliphatic rings. The van der Waals surface area contributed by atoms with Crippen LogP contribution in [0.4, 0.5) is 4.39 Å². The highest BCUT2D eigenvalue weighted by molar-refractivity contribution is 5.30. The molecule has 0 fully saturated rings. The quantitative estimate of drug-likeness (QED) is 0.619. The summed E-state index contributed by atoms with van der Waals surface area (Å²) in [5.41, 5.74) is 0.696. The molecule has 0 radical (unpaired) electrons. The Morgan fingerprint density at radius 3 is 2.55 bits per heavy atom. The third-order valence-corrected chi connectivity index (χ3v) is 3.47. The van der Waals surface area contributed by atoms with Crippen molar-refractivity contribution < 1.29 is 9.13 Å². The van der Waals surface area contributed by atoms with Crippen LogP contribution in [0.25, 0.3) is 0 Å². The van der Waals surface area contributed by atoms with Crippen LogP contribution in [-0.4, -0.2) is 13.2 Å². The summed E-state index contributed by atoms with van der Waals surface area (Å²) in [4.78, 5) is 0. The maximum absolute atomic E-state index is 14.0. The summed E-state index contributed by atoms with van der Waals surface area (Å²) in [5, 5.41) is 3.21. The van der Waals surface area contributed by atoms with E-state index in [4.69, 9.17) is 4.74 Å². The van der Waals surface area contributed by atoms with E-state index in [1.807, 2.05) is 26.0 Å². The summed E-state index contributed by atoms with van der Waals surface area (Å²) >= 11 is 0. The van der Waals surface area contributed by atoms with E-state index in [0.717, 1.165) is 13.0 Å². The highest BCUT2D eigenvalue weighted by Crippen LogP contribution is 2.22. The summed E-state index contributed by atoms with van der Waals surface area (Å²) in [6, 6.07) is 5.20. The van der Waals surface area contributed by atoms with E-state index in [1.54, 1.807) is 0 Å². The fourth-order valence-corrected chi connectivity index (χ4v) is 2.26. The third-order valence-electron chi connectivity index (χ3n) is 3.47. The molecule has 1 N–H and O–H groups in total. The van der Waals surface area contributed by atoms with Crippen molar-refractivity contribution in [3.63, 3.8) is 0 Å². The Kier molecular flexibility index (Phi) is 8.28. The lowest BCUT2D eigenvalue weighted by Crippen LogP contribution is -2.18. The molecule has 0 spiro atoms. The molecule has 0 aliphatic heterocycles. The summed E-state index contributed by atoms with van der Waals surface area (Å²) in [7, 11) is 0. The lowest BCUT2D eigenvalue weighted by atomic mass is 10.1. The largest absolute Gasteiger partial charge is 0.493 e. The fourth-order valence-electron chi connectivity index (χ4n) is 2.26. The normalized spacial score (nSPS) is 12.4. The molecule has 3 heteroatoms. The lowest BCUT2D eigenvalue weighted by Gasteiger charge is -2.14. The van der Waals surface area contributed by atoms with Gasteiger partial charge < -0.3 is 10.1 Å². The summed E-state index contributed by atoms with van der Waals surface area (Å²) < 4.78 is 19.6. The number of ether oxygens (including phenoxy) is 1. The summed E-state index contributed by atoms with van der Waals surface area (Å²) in [6.07, 6.45) is 6.01. The second-order valence-corrected chi connectivity index (χ2v) is 5.23. The van der Waals surface area contributed by atoms with Crippen LogP contribution in [0.1, 0.15) is 64.5 Å². The highest BCUT2D eigenvalue weighted by atomic mass is 19.1. The SMILES string of the molecule is CCCCCCCOc1ccc(C(C)NCC)c(F)c1. The molecule has 0 heterocycles. The van der Waals surface area contributed by atoms with E-state index in [9.17, 15) is 4.39 Å². The standard InChI is InChI=1S/C17H28FNO/c1-4-6-7-8-9-12-20-15-10-11-16(17(18)13-15)14(3)19-5-2/h10-11,13-14,19H,4-9,12H2,1-3H3. The van der Waals surface area contributed by atoms with E-state index in [0.29, 0.717) is 17.9 Å². The van der Waals surface area contributed by atoms with Gasteiger partial charge in [-0.05, 0) is 26.0 Å². The molecule has 0 saturated carbocycles. The Balaban J connectivity index is 2.39. The van der Waals surface area contributed by atoms with Gasteiger partial charge in [-0.1, -0.05) is 45.6 Å². The maximum Gasteiger partial charge on any atom is 0.131 e. The van der Waals surface area contributed by atoms with Gasteiger partial charge in [0.25, 0.3) is 0 Å². The molecule has 1 atom stereocenters. The van der Waals surface area contributed by atoms with E-state index >= 15 is 0 Å². The van der Waals surface area contributed by atoms with Gasteiger partial charge in [-0.25, -0.2) is 4.39 Å². The number of benzene rings is 1. The minimum Gasteiger partial charge on any atom is -0.493 e. The molecule has 1 aromatic rings. The monoisotopic (exact) mass is 281 g/mol. The summed E-state index contributed by atoms with van der Waals surface area (Å²) in [6.45, 7) is 7.69. The molecule has 114 valence electrons. The van der Waals surface area contributed by atoms with Crippen LogP contribution in [0.5, 0.6) is 5.75 Å². The zero-order valence-electron chi connectivity index (χ0n) is 13.0. The number of rotatable bonds is 10. The van der Waals surface area contributed by atoms with Gasteiger partial charge in [-0.3, -0.25) is 0 Å². The van der Waals surface area contributed by atoms with Crippen LogP contribution in [0, 0.1) is 5.82 Å². The zero-order valence-corrected chi connectivity index (χ0v) is 13.0. The first-order chi connectivity index (χ1) is 9.69. The maximum atomic E-state index is 14.0. The first-order valence-corrected chi connectivity index (χ1v) is 7.84. The van der Waals surface area contributed by atoms with Crippen molar-refractivity contribution >= 4 is 0 Å². The van der Waals surface area contributed by atoms with Crippen molar-refractivity contribution in [2.75, 3.05) is 13.2 Å². The second kappa shape index (κ2) is 9.76. The first kappa shape index (κ1) is 17.0. The van der Waals surface area contributed by atoms with Crippen LogP contribution >= 0.6 is 0 Å². The van der Waals surface area contributed by atoms with E-state index < -0.39 is 0 Å². The highest BCUT2D eigenvalue weighted by Gasteiger charge is 2.10. The number of unbranched alkanes of at least 4 members (excludes halogenated alkanes) is 4. The molecule has 1 unspecified atom stereocenters. The van der Waals surface area contributed by atoms with Crippen molar-refractivity contribution in [1.29, 1.82) is 0 Å². The first-order valence-electron chi connectivity index (χ1n) is 7.84. The Morgan fingerprint density at radius 1 is 1.15 bits per heavy atom. The summed E-state index contributed by atoms with van der Waals surface area (Å²) in [5.74, 6) is 0.437. The van der Waals surface area contributed by atoms with Crippen LogP contribution < -0.4 is 10.1 Å². The molecular formula is C17H28FNO. The molecular weight excluding hydrogens is 253 g/mol. The van der Waals surface area contributed by atoms with Gasteiger partial charge in [0.05, 0.1) is 6.61 Å². The average Bonchev–Trinajstić information content (AvgIpc) is 2.43. The Morgan fingerprint density at radius 2 is 1.90 bits per heavy atom. The van der Waals surface area contributed by atoms with E-state index in [-0.39, 0.29) is 11.9 Å². The van der Waals surface area contributed by atoms with Gasteiger partial charge in [0.2, 0.25) is 0 Å². The molecule has 2 nitrogen and oxygen atoms in total. The fraction of sp³-hybridized carbons (Fsp3) is 0.647. The van der Waals surface area contributed by atoms with Crippen molar-refractivity contribution in [1.82, 2.24) is 5.32 Å². The topological polar surface area (TPSA) is 21.3 Å². The number of nitrogens with one attached hydrogen (secondary N) is 1. The molecule has 1 aromatic carbocycles. The molecule has 0 amide bonds. The zero-order chi connectivity index (χ0) is 14.8. The van der Waals surface area contributed by atoms with Crippen LogP contribution in [0.2, 0.25) is 0 Å². The van der Waals surface area contributed by atoms with Gasteiger partial charge in [-0.2, -0.15) is 0 Å². The predicted molar refractivity (Wildman–Crippen MR) is 82.7 cm³/mol. The van der Waals surface area contributed by atoms with Gasteiger partial charge in [0, 0.05) is 17.7 Å². The molecule has 0 aliphatic carbocycles. The predicted octanol–water partition coefficient (Wildman–Crippen LogP) is 4.85. The van der Waals surface area contributed by atoms with Gasteiger partial charge in [0.1, 0.15) is 11.6 Å². The number of halogens is 1. The number of hydrogen-bond donors (Lipinski definition) is 1. The Bertz CT molecular complexity index is 381. The van der Waals surface area contributed by atoms with Gasteiger partial charge in [-0.15, -0.1) is 0 Å². The van der Waals surface area contributed by atoms with Gasteiger partial charge >= 0.3 is 0 Å². The van der Waals surface area contributed by atoms with Crippen LogP contribution in [0.3, 0.4) is 0 Å². The van der Waals surface area contributed by atoms with E-state index in [2.05, 4.69) is 12.2 Å². The Hall–Kier alpha value is -1.09. The molecule has 0 bridgehead atoms. The smallest absolute Gasteiger partial charge is 0.131 e. The van der Waals surface area contributed by atoms with Crippen molar-refractivity contribution in [2.24, 2.45) is 0 Å². The average molecular weight is 281 g/mol. The minimum absolute atomic E-state index is 0.0306. The lowest BCUT2D eigenvalue weighted by molar-refractivity contribution is 0.302. The van der Waals surface area contributed by atoms with Crippen LogP contribution in [-0.2, 0) is 0 Å². The Labute approximate surface area is 122 Å². The molecule has 20 heavy (non-hydrogen) atoms. The second-order valence-electron chi connectivity index (χ2n) is 5.23.